The standard InChI is InChI=1S/C12H13F2N3O3/c1-5-9-7(10(13)14)4-8(18)17(6(2)12(19)20)11(9)16(3)15-5/h4,6,10H,1-3H3,(H,19,20). The van der Waals surface area contributed by atoms with E-state index in [9.17, 15) is 18.4 Å². The predicted octanol–water partition coefficient (Wildman–Crippen LogP) is 1.63. The maximum atomic E-state index is 13.1. The number of fused-ring (bicyclic) bond motifs is 1. The molecule has 0 amide bonds. The van der Waals surface area contributed by atoms with Crippen LogP contribution in [-0.4, -0.2) is 25.4 Å². The zero-order chi connectivity index (χ0) is 15.2. The molecule has 0 spiro atoms. The topological polar surface area (TPSA) is 77.1 Å². The second-order valence-corrected chi connectivity index (χ2v) is 4.53. The van der Waals surface area contributed by atoms with Crippen molar-refractivity contribution in [2.45, 2.75) is 26.3 Å². The van der Waals surface area contributed by atoms with Gasteiger partial charge in [0.2, 0.25) is 0 Å². The highest BCUT2D eigenvalue weighted by Gasteiger charge is 2.25. The minimum atomic E-state index is -2.83. The zero-order valence-electron chi connectivity index (χ0n) is 11.1. The predicted molar refractivity (Wildman–Crippen MR) is 67.0 cm³/mol. The van der Waals surface area contributed by atoms with E-state index >= 15 is 0 Å². The molecule has 20 heavy (non-hydrogen) atoms. The lowest BCUT2D eigenvalue weighted by Gasteiger charge is -2.14. The number of carbonyl (C=O) groups is 1. The van der Waals surface area contributed by atoms with Crippen molar-refractivity contribution in [2.24, 2.45) is 7.05 Å². The van der Waals surface area contributed by atoms with Crippen molar-refractivity contribution in [1.29, 1.82) is 0 Å². The summed E-state index contributed by atoms with van der Waals surface area (Å²) in [6, 6.07) is -0.396. The molecule has 2 rings (SSSR count). The second-order valence-electron chi connectivity index (χ2n) is 4.53. The molecule has 6 nitrogen and oxygen atoms in total. The summed E-state index contributed by atoms with van der Waals surface area (Å²) in [7, 11) is 1.48. The molecule has 0 saturated heterocycles. The van der Waals surface area contributed by atoms with E-state index in [-0.39, 0.29) is 11.0 Å². The Kier molecular flexibility index (Phi) is 3.33. The van der Waals surface area contributed by atoms with Crippen LogP contribution in [0.15, 0.2) is 10.9 Å². The van der Waals surface area contributed by atoms with E-state index < -0.39 is 29.6 Å². The van der Waals surface area contributed by atoms with Gasteiger partial charge in [-0.2, -0.15) is 5.10 Å². The van der Waals surface area contributed by atoms with Crippen molar-refractivity contribution in [3.63, 3.8) is 0 Å². The number of carboxylic acid groups (broad SMARTS) is 1. The normalized spacial score (nSPS) is 13.1. The van der Waals surface area contributed by atoms with Crippen LogP contribution in [0.2, 0.25) is 0 Å². The van der Waals surface area contributed by atoms with Crippen LogP contribution in [0.4, 0.5) is 8.78 Å². The molecule has 1 N–H and O–H groups in total. The minimum Gasteiger partial charge on any atom is -0.480 e. The van der Waals surface area contributed by atoms with Crippen LogP contribution in [0, 0.1) is 6.92 Å². The monoisotopic (exact) mass is 285 g/mol. The lowest BCUT2D eigenvalue weighted by molar-refractivity contribution is -0.140. The highest BCUT2D eigenvalue weighted by atomic mass is 19.3. The van der Waals surface area contributed by atoms with Gasteiger partial charge in [0, 0.05) is 24.1 Å². The third kappa shape index (κ3) is 1.97. The van der Waals surface area contributed by atoms with E-state index in [1.807, 2.05) is 0 Å². The number of pyridine rings is 1. The molecule has 108 valence electrons. The summed E-state index contributed by atoms with van der Waals surface area (Å²) >= 11 is 0. The van der Waals surface area contributed by atoms with Gasteiger partial charge in [-0.05, 0) is 13.8 Å². The first-order valence-electron chi connectivity index (χ1n) is 5.85. The molecule has 0 fully saturated rings. The summed E-state index contributed by atoms with van der Waals surface area (Å²) in [4.78, 5) is 23.1. The second kappa shape index (κ2) is 4.69. The third-order valence-electron chi connectivity index (χ3n) is 3.20. The number of aliphatic carboxylic acids is 1. The maximum Gasteiger partial charge on any atom is 0.326 e. The average molecular weight is 285 g/mol. The number of aromatic nitrogens is 3. The first kappa shape index (κ1) is 14.2. The van der Waals surface area contributed by atoms with E-state index in [4.69, 9.17) is 5.11 Å². The molecule has 0 bridgehead atoms. The summed E-state index contributed by atoms with van der Waals surface area (Å²) in [6.45, 7) is 2.85. The summed E-state index contributed by atoms with van der Waals surface area (Å²) in [5.41, 5.74) is -0.806. The first-order valence-corrected chi connectivity index (χ1v) is 5.85. The number of aryl methyl sites for hydroxylation is 2. The molecular formula is C12H13F2N3O3. The van der Waals surface area contributed by atoms with Crippen molar-refractivity contribution >= 4 is 17.0 Å². The Bertz CT molecular complexity index is 748. The number of hydrogen-bond acceptors (Lipinski definition) is 3. The summed E-state index contributed by atoms with van der Waals surface area (Å²) in [6.07, 6.45) is -2.83. The highest BCUT2D eigenvalue weighted by molar-refractivity contribution is 5.84. The van der Waals surface area contributed by atoms with E-state index in [0.717, 1.165) is 10.6 Å². The zero-order valence-corrected chi connectivity index (χ0v) is 11.1. The van der Waals surface area contributed by atoms with Crippen LogP contribution in [0.25, 0.3) is 11.0 Å². The van der Waals surface area contributed by atoms with E-state index in [1.165, 1.54) is 25.6 Å². The van der Waals surface area contributed by atoms with Gasteiger partial charge >= 0.3 is 5.97 Å². The van der Waals surface area contributed by atoms with Gasteiger partial charge in [0.05, 0.1) is 5.69 Å². The van der Waals surface area contributed by atoms with Crippen LogP contribution in [0.3, 0.4) is 0 Å². The Hall–Kier alpha value is -2.25. The quantitative estimate of drug-likeness (QED) is 0.929. The smallest absolute Gasteiger partial charge is 0.326 e. The number of rotatable bonds is 3. The lowest BCUT2D eigenvalue weighted by atomic mass is 10.1. The van der Waals surface area contributed by atoms with Gasteiger partial charge in [-0.3, -0.25) is 14.0 Å². The Morgan fingerprint density at radius 1 is 1.45 bits per heavy atom. The Balaban J connectivity index is 2.98. The molecular weight excluding hydrogens is 272 g/mol. The van der Waals surface area contributed by atoms with Crippen LogP contribution >= 0.6 is 0 Å². The van der Waals surface area contributed by atoms with E-state index in [1.54, 1.807) is 0 Å². The summed E-state index contributed by atoms with van der Waals surface area (Å²) < 4.78 is 28.3. The van der Waals surface area contributed by atoms with Crippen molar-refractivity contribution in [3.8, 4) is 0 Å². The minimum absolute atomic E-state index is 0.0835. The SMILES string of the molecule is Cc1nn(C)c2c1c(C(F)F)cc(=O)n2C(C)C(=O)O. The average Bonchev–Trinajstić information content (AvgIpc) is 2.63. The largest absolute Gasteiger partial charge is 0.480 e. The summed E-state index contributed by atoms with van der Waals surface area (Å²) in [5, 5.41) is 13.2. The lowest BCUT2D eigenvalue weighted by Crippen LogP contribution is -2.29. The fraction of sp³-hybridized carbons (Fsp3) is 0.417. The molecule has 1 atom stereocenters. The molecule has 0 radical (unpaired) electrons. The van der Waals surface area contributed by atoms with Gasteiger partial charge < -0.3 is 5.11 Å². The molecule has 0 aliphatic heterocycles. The Morgan fingerprint density at radius 3 is 2.55 bits per heavy atom. The number of hydrogen-bond donors (Lipinski definition) is 1. The molecule has 8 heteroatoms. The highest BCUT2D eigenvalue weighted by Crippen LogP contribution is 2.29. The molecule has 0 aliphatic rings. The van der Waals surface area contributed by atoms with Crippen molar-refractivity contribution in [3.05, 3.63) is 27.7 Å². The summed E-state index contributed by atoms with van der Waals surface area (Å²) in [5.74, 6) is -1.22. The number of halogens is 2. The number of carboxylic acids is 1. The van der Waals surface area contributed by atoms with Crippen molar-refractivity contribution in [2.75, 3.05) is 0 Å². The molecule has 1 unspecified atom stereocenters. The van der Waals surface area contributed by atoms with Crippen LogP contribution < -0.4 is 5.56 Å². The van der Waals surface area contributed by atoms with Crippen molar-refractivity contribution in [1.82, 2.24) is 14.3 Å². The van der Waals surface area contributed by atoms with Crippen molar-refractivity contribution < 1.29 is 18.7 Å². The van der Waals surface area contributed by atoms with Gasteiger partial charge in [-0.1, -0.05) is 0 Å². The molecule has 0 aromatic carbocycles. The van der Waals surface area contributed by atoms with Gasteiger partial charge in [0.25, 0.3) is 12.0 Å². The Labute approximate surface area is 112 Å². The molecule has 2 heterocycles. The van der Waals surface area contributed by atoms with Crippen LogP contribution in [-0.2, 0) is 11.8 Å². The molecule has 2 aromatic heterocycles. The van der Waals surface area contributed by atoms with Crippen LogP contribution in [0.5, 0.6) is 0 Å². The van der Waals surface area contributed by atoms with Gasteiger partial charge in [0.15, 0.2) is 0 Å². The van der Waals surface area contributed by atoms with Gasteiger partial charge in [-0.25, -0.2) is 13.6 Å². The third-order valence-corrected chi connectivity index (χ3v) is 3.20. The molecule has 0 saturated carbocycles. The fourth-order valence-electron chi connectivity index (χ4n) is 2.30. The molecule has 0 aliphatic carbocycles. The van der Waals surface area contributed by atoms with Gasteiger partial charge in [-0.15, -0.1) is 0 Å². The van der Waals surface area contributed by atoms with E-state index in [2.05, 4.69) is 5.10 Å². The molecule has 2 aromatic rings. The number of alkyl halides is 2. The number of nitrogens with zero attached hydrogens (tertiary/aromatic N) is 3. The fourth-order valence-corrected chi connectivity index (χ4v) is 2.30. The van der Waals surface area contributed by atoms with E-state index in [0.29, 0.717) is 5.69 Å². The van der Waals surface area contributed by atoms with Gasteiger partial charge in [0.1, 0.15) is 11.7 Å². The first-order chi connectivity index (χ1) is 9.25. The Morgan fingerprint density at radius 2 is 2.05 bits per heavy atom. The maximum absolute atomic E-state index is 13.1. The van der Waals surface area contributed by atoms with Crippen LogP contribution in [0.1, 0.15) is 30.6 Å².